The van der Waals surface area contributed by atoms with Crippen LogP contribution in [0.5, 0.6) is 5.75 Å². The highest BCUT2D eigenvalue weighted by Gasteiger charge is 2.32. The molecule has 5 amide bonds. The smallest absolute Gasteiger partial charge is 0.254 e. The topological polar surface area (TPSA) is 164 Å². The first kappa shape index (κ1) is 36.6. The maximum absolute atomic E-state index is 13.9. The van der Waals surface area contributed by atoms with Gasteiger partial charge in [-0.05, 0) is 67.1 Å². The van der Waals surface area contributed by atoms with Crippen molar-refractivity contribution in [3.8, 4) is 11.4 Å². The predicted octanol–water partition coefficient (Wildman–Crippen LogP) is 2.24. The Hall–Kier alpha value is -5.20. The molecular formula is C36H47N7O6. The molecule has 49 heavy (non-hydrogen) atoms. The Kier molecular flexibility index (Phi) is 12.5. The van der Waals surface area contributed by atoms with Crippen molar-refractivity contribution in [3.63, 3.8) is 0 Å². The van der Waals surface area contributed by atoms with Crippen LogP contribution in [0.3, 0.4) is 0 Å². The monoisotopic (exact) mass is 673 g/mol. The first-order valence-corrected chi connectivity index (χ1v) is 16.6. The maximum atomic E-state index is 13.9. The number of methoxy groups -OCH3 is 1. The number of carbonyl (C=O) groups excluding carboxylic acids is 5. The zero-order valence-electron chi connectivity index (χ0n) is 28.9. The Morgan fingerprint density at radius 2 is 1.55 bits per heavy atom. The highest BCUT2D eigenvalue weighted by atomic mass is 16.5. The third kappa shape index (κ3) is 10.1. The summed E-state index contributed by atoms with van der Waals surface area (Å²) in [5.41, 5.74) is 1.91. The first-order chi connectivity index (χ1) is 23.3. The summed E-state index contributed by atoms with van der Waals surface area (Å²) in [7, 11) is 1.55. The molecule has 1 aliphatic rings. The molecule has 13 nitrogen and oxygen atoms in total. The van der Waals surface area contributed by atoms with E-state index in [-0.39, 0.29) is 31.3 Å². The molecule has 13 heteroatoms. The fraction of sp³-hybridized carbons (Fsp3) is 0.444. The van der Waals surface area contributed by atoms with E-state index in [1.54, 1.807) is 85.9 Å². The van der Waals surface area contributed by atoms with Gasteiger partial charge in [-0.15, -0.1) is 0 Å². The lowest BCUT2D eigenvalue weighted by molar-refractivity contribution is -0.133. The standard InChI is InChI=1S/C36H47N7O6/c1-22(2)17-29-35(47)40-30(18-25-7-13-28(49-6)14-8-25)34(46)38-24(5)33(45)41-31(23(3)4)19-43(20-32(44)39-29)36(48)26-9-11-27(12-10-26)42-16-15-37-21-42/h7-16,21-24,29-31H,17-20H2,1-6H3,(H,38,46)(H,39,44)(H,40,47)(H,41,45)/t24-,29+,30+,31-/m1/s1. The summed E-state index contributed by atoms with van der Waals surface area (Å²) in [6.45, 7) is 8.87. The van der Waals surface area contributed by atoms with Crippen molar-refractivity contribution in [2.45, 2.75) is 71.6 Å². The minimum atomic E-state index is -1.04. The highest BCUT2D eigenvalue weighted by Crippen LogP contribution is 2.16. The quantitative estimate of drug-likeness (QED) is 0.285. The molecule has 2 aromatic carbocycles. The number of carbonyl (C=O) groups is 5. The average Bonchev–Trinajstić information content (AvgIpc) is 3.61. The summed E-state index contributed by atoms with van der Waals surface area (Å²) in [5, 5.41) is 11.3. The fourth-order valence-corrected chi connectivity index (χ4v) is 5.53. The van der Waals surface area contributed by atoms with Crippen molar-refractivity contribution in [1.82, 2.24) is 35.7 Å². The molecule has 0 aliphatic carbocycles. The molecular weight excluding hydrogens is 626 g/mol. The van der Waals surface area contributed by atoms with Gasteiger partial charge >= 0.3 is 0 Å². The number of hydrogen-bond acceptors (Lipinski definition) is 7. The van der Waals surface area contributed by atoms with Crippen molar-refractivity contribution in [3.05, 3.63) is 78.4 Å². The number of rotatable bonds is 8. The van der Waals surface area contributed by atoms with Gasteiger partial charge in [0.05, 0.1) is 20.0 Å². The summed E-state index contributed by atoms with van der Waals surface area (Å²) in [4.78, 5) is 73.8. The molecule has 1 fully saturated rings. The van der Waals surface area contributed by atoms with Crippen LogP contribution in [0.2, 0.25) is 0 Å². The Morgan fingerprint density at radius 3 is 2.14 bits per heavy atom. The number of benzene rings is 2. The average molecular weight is 674 g/mol. The van der Waals surface area contributed by atoms with E-state index >= 15 is 0 Å². The molecule has 1 aromatic heterocycles. The fourth-order valence-electron chi connectivity index (χ4n) is 5.53. The zero-order valence-corrected chi connectivity index (χ0v) is 28.9. The van der Waals surface area contributed by atoms with Crippen LogP contribution in [-0.4, -0.2) is 88.4 Å². The lowest BCUT2D eigenvalue weighted by atomic mass is 10.0. The van der Waals surface area contributed by atoms with Crippen LogP contribution in [0.25, 0.3) is 5.69 Å². The van der Waals surface area contributed by atoms with Crippen LogP contribution in [0.15, 0.2) is 67.3 Å². The minimum absolute atomic E-state index is 0.0146. The zero-order chi connectivity index (χ0) is 35.7. The lowest BCUT2D eigenvalue weighted by Crippen LogP contribution is -2.57. The summed E-state index contributed by atoms with van der Waals surface area (Å²) < 4.78 is 7.04. The van der Waals surface area contributed by atoms with Gasteiger partial charge in [0.2, 0.25) is 23.6 Å². The highest BCUT2D eigenvalue weighted by molar-refractivity contribution is 5.98. The SMILES string of the molecule is COc1ccc(C[C@@H]2NC(=O)[C@H](CC(C)C)NC(=O)CN(C(=O)c3ccc(-n4ccnc4)cc3)C[C@H](C(C)C)NC(=O)[C@@H](C)NC2=O)cc1. The summed E-state index contributed by atoms with van der Waals surface area (Å²) in [6, 6.07) is 10.5. The first-order valence-electron chi connectivity index (χ1n) is 16.6. The van der Waals surface area contributed by atoms with E-state index in [1.165, 1.54) is 4.90 Å². The van der Waals surface area contributed by atoms with Gasteiger partial charge in [-0.25, -0.2) is 4.98 Å². The van der Waals surface area contributed by atoms with Crippen LogP contribution >= 0.6 is 0 Å². The number of imidazole rings is 1. The van der Waals surface area contributed by atoms with Crippen LogP contribution in [0, 0.1) is 11.8 Å². The third-order valence-corrected chi connectivity index (χ3v) is 8.43. The second-order valence-electron chi connectivity index (χ2n) is 13.2. The van der Waals surface area contributed by atoms with Gasteiger partial charge in [0, 0.05) is 42.7 Å². The summed E-state index contributed by atoms with van der Waals surface area (Å²) in [6.07, 6.45) is 5.52. The molecule has 0 radical (unpaired) electrons. The third-order valence-electron chi connectivity index (χ3n) is 8.43. The van der Waals surface area contributed by atoms with Crippen molar-refractivity contribution < 1.29 is 28.7 Å². The molecule has 4 N–H and O–H groups in total. The van der Waals surface area contributed by atoms with Gasteiger partial charge in [0.25, 0.3) is 5.91 Å². The van der Waals surface area contributed by atoms with E-state index in [0.29, 0.717) is 17.7 Å². The van der Waals surface area contributed by atoms with E-state index in [9.17, 15) is 24.0 Å². The molecule has 4 atom stereocenters. The number of amides is 5. The Bertz CT molecular complexity index is 1590. The van der Waals surface area contributed by atoms with Crippen LogP contribution in [0.4, 0.5) is 0 Å². The molecule has 0 bridgehead atoms. The van der Waals surface area contributed by atoms with Gasteiger partial charge in [0.1, 0.15) is 23.9 Å². The predicted molar refractivity (Wildman–Crippen MR) is 184 cm³/mol. The molecule has 4 rings (SSSR count). The number of ether oxygens (including phenoxy) is 1. The van der Waals surface area contributed by atoms with Crippen LogP contribution in [0.1, 0.15) is 57.0 Å². The van der Waals surface area contributed by atoms with Crippen molar-refractivity contribution >= 4 is 29.5 Å². The number of nitrogens with one attached hydrogen (secondary N) is 4. The summed E-state index contributed by atoms with van der Waals surface area (Å²) >= 11 is 0. The Labute approximate surface area is 287 Å². The number of nitrogens with zero attached hydrogens (tertiary/aromatic N) is 3. The van der Waals surface area contributed by atoms with E-state index in [4.69, 9.17) is 4.74 Å². The van der Waals surface area contributed by atoms with Gasteiger partial charge in [-0.3, -0.25) is 24.0 Å². The minimum Gasteiger partial charge on any atom is -0.497 e. The molecule has 1 saturated heterocycles. The molecule has 262 valence electrons. The molecule has 2 heterocycles. The summed E-state index contributed by atoms with van der Waals surface area (Å²) in [5.74, 6) is -1.99. The van der Waals surface area contributed by atoms with E-state index < -0.39 is 53.7 Å². The van der Waals surface area contributed by atoms with Crippen LogP contribution in [-0.2, 0) is 25.6 Å². The largest absolute Gasteiger partial charge is 0.497 e. The Balaban J connectivity index is 1.65. The van der Waals surface area contributed by atoms with Gasteiger partial charge in [0.15, 0.2) is 0 Å². The van der Waals surface area contributed by atoms with Crippen molar-refractivity contribution in [2.24, 2.45) is 11.8 Å². The normalized spacial score (nSPS) is 21.3. The van der Waals surface area contributed by atoms with Gasteiger partial charge < -0.3 is 35.5 Å². The molecule has 1 aliphatic heterocycles. The van der Waals surface area contributed by atoms with E-state index in [1.807, 2.05) is 27.7 Å². The lowest BCUT2D eigenvalue weighted by Gasteiger charge is -2.31. The molecule has 0 spiro atoms. The van der Waals surface area contributed by atoms with E-state index in [2.05, 4.69) is 26.3 Å². The van der Waals surface area contributed by atoms with Gasteiger partial charge in [-0.1, -0.05) is 39.8 Å². The second kappa shape index (κ2) is 16.8. The number of hydrogen-bond donors (Lipinski definition) is 4. The van der Waals surface area contributed by atoms with Crippen molar-refractivity contribution in [1.29, 1.82) is 0 Å². The Morgan fingerprint density at radius 1 is 0.878 bits per heavy atom. The molecule has 3 aromatic rings. The molecule has 0 unspecified atom stereocenters. The van der Waals surface area contributed by atoms with Crippen LogP contribution < -0.4 is 26.0 Å². The van der Waals surface area contributed by atoms with E-state index in [0.717, 1.165) is 11.3 Å². The van der Waals surface area contributed by atoms with Gasteiger partial charge in [-0.2, -0.15) is 0 Å². The second-order valence-corrected chi connectivity index (χ2v) is 13.2. The number of aromatic nitrogens is 2. The van der Waals surface area contributed by atoms with Crippen molar-refractivity contribution in [2.75, 3.05) is 20.2 Å². The molecule has 0 saturated carbocycles. The maximum Gasteiger partial charge on any atom is 0.254 e.